The highest BCUT2D eigenvalue weighted by atomic mass is 35.5. The van der Waals surface area contributed by atoms with Crippen molar-refractivity contribution < 1.29 is 0 Å². The van der Waals surface area contributed by atoms with E-state index in [-0.39, 0.29) is 12.4 Å². The molecule has 0 unspecified atom stereocenters. The van der Waals surface area contributed by atoms with Gasteiger partial charge in [-0.25, -0.2) is 4.68 Å². The summed E-state index contributed by atoms with van der Waals surface area (Å²) in [5, 5.41) is 7.90. The third-order valence-corrected chi connectivity index (χ3v) is 2.38. The van der Waals surface area contributed by atoms with Gasteiger partial charge in [0.2, 0.25) is 0 Å². The number of benzene rings is 1. The van der Waals surface area contributed by atoms with Crippen LogP contribution >= 0.6 is 12.4 Å². The molecule has 2 N–H and O–H groups in total. The zero-order valence-electron chi connectivity index (χ0n) is 9.13. The van der Waals surface area contributed by atoms with E-state index in [1.165, 1.54) is 5.56 Å². The Kier molecular flexibility index (Phi) is 4.31. The van der Waals surface area contributed by atoms with Crippen molar-refractivity contribution in [3.63, 3.8) is 0 Å². The SMILES string of the molecule is CCc1c(N)nnn1Cc1ccccc1.Cl. The molecule has 1 heterocycles. The number of hydrogen-bond acceptors (Lipinski definition) is 3. The lowest BCUT2D eigenvalue weighted by Gasteiger charge is -2.04. The lowest BCUT2D eigenvalue weighted by Crippen LogP contribution is -2.06. The minimum Gasteiger partial charge on any atom is -0.381 e. The Morgan fingerprint density at radius 2 is 1.94 bits per heavy atom. The summed E-state index contributed by atoms with van der Waals surface area (Å²) < 4.78 is 1.85. The van der Waals surface area contributed by atoms with E-state index in [4.69, 9.17) is 5.73 Å². The molecule has 0 aliphatic carbocycles. The van der Waals surface area contributed by atoms with Crippen molar-refractivity contribution in [2.24, 2.45) is 0 Å². The number of aromatic nitrogens is 3. The van der Waals surface area contributed by atoms with Crippen LogP contribution in [0.15, 0.2) is 30.3 Å². The Hall–Kier alpha value is -1.55. The van der Waals surface area contributed by atoms with Gasteiger partial charge in [-0.3, -0.25) is 0 Å². The summed E-state index contributed by atoms with van der Waals surface area (Å²) >= 11 is 0. The first kappa shape index (κ1) is 12.5. The highest BCUT2D eigenvalue weighted by Gasteiger charge is 2.07. The van der Waals surface area contributed by atoms with Crippen LogP contribution in [0.3, 0.4) is 0 Å². The number of nitrogen functional groups attached to an aromatic ring is 1. The molecule has 2 rings (SSSR count). The first-order valence-electron chi connectivity index (χ1n) is 5.03. The topological polar surface area (TPSA) is 56.7 Å². The summed E-state index contributed by atoms with van der Waals surface area (Å²) in [5.41, 5.74) is 7.92. The Labute approximate surface area is 101 Å². The van der Waals surface area contributed by atoms with Crippen LogP contribution in [-0.4, -0.2) is 15.0 Å². The Morgan fingerprint density at radius 1 is 1.25 bits per heavy atom. The molecule has 0 amide bonds. The highest BCUT2D eigenvalue weighted by Crippen LogP contribution is 2.10. The van der Waals surface area contributed by atoms with Gasteiger partial charge in [-0.15, -0.1) is 17.5 Å². The summed E-state index contributed by atoms with van der Waals surface area (Å²) in [4.78, 5) is 0. The van der Waals surface area contributed by atoms with Gasteiger partial charge in [0.05, 0.1) is 12.2 Å². The van der Waals surface area contributed by atoms with Crippen molar-refractivity contribution >= 4 is 18.2 Å². The van der Waals surface area contributed by atoms with Gasteiger partial charge in [0, 0.05) is 0 Å². The van der Waals surface area contributed by atoms with Crippen molar-refractivity contribution in [3.8, 4) is 0 Å². The first-order chi connectivity index (χ1) is 7.31. The van der Waals surface area contributed by atoms with Gasteiger partial charge in [0.15, 0.2) is 5.82 Å². The van der Waals surface area contributed by atoms with Crippen molar-refractivity contribution in [3.05, 3.63) is 41.6 Å². The largest absolute Gasteiger partial charge is 0.381 e. The Balaban J connectivity index is 0.00000128. The number of rotatable bonds is 3. The quantitative estimate of drug-likeness (QED) is 0.889. The zero-order chi connectivity index (χ0) is 10.7. The molecule has 0 radical (unpaired) electrons. The molecule has 0 bridgehead atoms. The molecule has 2 aromatic rings. The van der Waals surface area contributed by atoms with Crippen LogP contribution < -0.4 is 5.73 Å². The summed E-state index contributed by atoms with van der Waals surface area (Å²) in [6.45, 7) is 2.78. The average molecular weight is 239 g/mol. The van der Waals surface area contributed by atoms with Crippen molar-refractivity contribution in [1.82, 2.24) is 15.0 Å². The molecular weight excluding hydrogens is 224 g/mol. The van der Waals surface area contributed by atoms with Crippen LogP contribution in [0.2, 0.25) is 0 Å². The fourth-order valence-electron chi connectivity index (χ4n) is 1.59. The van der Waals surface area contributed by atoms with Gasteiger partial charge in [-0.2, -0.15) is 0 Å². The monoisotopic (exact) mass is 238 g/mol. The van der Waals surface area contributed by atoms with Crippen LogP contribution in [0.1, 0.15) is 18.2 Å². The molecule has 5 heteroatoms. The second-order valence-electron chi connectivity index (χ2n) is 3.42. The molecule has 0 aliphatic rings. The van der Waals surface area contributed by atoms with E-state index in [0.29, 0.717) is 5.82 Å². The predicted molar refractivity (Wildman–Crippen MR) is 66.6 cm³/mol. The van der Waals surface area contributed by atoms with Gasteiger partial charge in [-0.1, -0.05) is 42.5 Å². The summed E-state index contributed by atoms with van der Waals surface area (Å²) in [7, 11) is 0. The predicted octanol–water partition coefficient (Wildman–Crippen LogP) is 1.89. The van der Waals surface area contributed by atoms with E-state index in [2.05, 4.69) is 29.4 Å². The van der Waals surface area contributed by atoms with Gasteiger partial charge >= 0.3 is 0 Å². The molecule has 0 saturated heterocycles. The van der Waals surface area contributed by atoms with E-state index >= 15 is 0 Å². The van der Waals surface area contributed by atoms with E-state index in [1.54, 1.807) is 0 Å². The lowest BCUT2D eigenvalue weighted by atomic mass is 10.2. The normalized spacial score (nSPS) is 9.81. The molecule has 0 saturated carbocycles. The molecule has 0 aliphatic heterocycles. The second-order valence-corrected chi connectivity index (χ2v) is 3.42. The maximum absolute atomic E-state index is 5.71. The fraction of sp³-hybridized carbons (Fsp3) is 0.273. The third-order valence-electron chi connectivity index (χ3n) is 2.38. The van der Waals surface area contributed by atoms with Crippen LogP contribution in [0, 0.1) is 0 Å². The molecule has 86 valence electrons. The molecular formula is C11H15ClN4. The first-order valence-corrected chi connectivity index (χ1v) is 5.03. The van der Waals surface area contributed by atoms with Gasteiger partial charge in [0.25, 0.3) is 0 Å². The van der Waals surface area contributed by atoms with Crippen molar-refractivity contribution in [2.75, 3.05) is 5.73 Å². The number of anilines is 1. The van der Waals surface area contributed by atoms with E-state index in [0.717, 1.165) is 18.7 Å². The third kappa shape index (κ3) is 2.52. The number of nitrogens with two attached hydrogens (primary N) is 1. The summed E-state index contributed by atoms with van der Waals surface area (Å²) in [6, 6.07) is 10.2. The van der Waals surface area contributed by atoms with E-state index in [9.17, 15) is 0 Å². The average Bonchev–Trinajstić information content (AvgIpc) is 2.61. The zero-order valence-corrected chi connectivity index (χ0v) is 9.94. The van der Waals surface area contributed by atoms with Gasteiger partial charge in [0.1, 0.15) is 0 Å². The lowest BCUT2D eigenvalue weighted by molar-refractivity contribution is 0.622. The molecule has 0 fully saturated rings. The number of halogens is 1. The molecule has 16 heavy (non-hydrogen) atoms. The van der Waals surface area contributed by atoms with Crippen LogP contribution in [-0.2, 0) is 13.0 Å². The second kappa shape index (κ2) is 5.51. The van der Waals surface area contributed by atoms with Crippen LogP contribution in [0.4, 0.5) is 5.82 Å². The van der Waals surface area contributed by atoms with Crippen molar-refractivity contribution in [1.29, 1.82) is 0 Å². The number of hydrogen-bond donors (Lipinski definition) is 1. The summed E-state index contributed by atoms with van der Waals surface area (Å²) in [6.07, 6.45) is 0.853. The van der Waals surface area contributed by atoms with Crippen molar-refractivity contribution in [2.45, 2.75) is 19.9 Å². The molecule has 0 spiro atoms. The highest BCUT2D eigenvalue weighted by molar-refractivity contribution is 5.85. The minimum atomic E-state index is 0. The molecule has 1 aromatic heterocycles. The number of nitrogens with zero attached hydrogens (tertiary/aromatic N) is 3. The van der Waals surface area contributed by atoms with E-state index in [1.807, 2.05) is 22.9 Å². The fourth-order valence-corrected chi connectivity index (χ4v) is 1.59. The smallest absolute Gasteiger partial charge is 0.169 e. The van der Waals surface area contributed by atoms with Crippen LogP contribution in [0.25, 0.3) is 0 Å². The van der Waals surface area contributed by atoms with E-state index < -0.39 is 0 Å². The maximum atomic E-state index is 5.71. The van der Waals surface area contributed by atoms with Gasteiger partial charge in [-0.05, 0) is 12.0 Å². The Bertz CT molecular complexity index is 439. The Morgan fingerprint density at radius 3 is 2.56 bits per heavy atom. The molecule has 4 nitrogen and oxygen atoms in total. The molecule has 1 aromatic carbocycles. The van der Waals surface area contributed by atoms with Crippen LogP contribution in [0.5, 0.6) is 0 Å². The van der Waals surface area contributed by atoms with Gasteiger partial charge < -0.3 is 5.73 Å². The summed E-state index contributed by atoms with van der Waals surface area (Å²) in [5.74, 6) is 0.536. The maximum Gasteiger partial charge on any atom is 0.169 e. The minimum absolute atomic E-state index is 0. The standard InChI is InChI=1S/C11H14N4.ClH/c1-2-10-11(12)13-14-15(10)8-9-6-4-3-5-7-9;/h3-7H,2,8,12H2,1H3;1H. The molecule has 0 atom stereocenters.